The Balaban J connectivity index is 3.00. The molecule has 0 aliphatic heterocycles. The lowest BCUT2D eigenvalue weighted by Crippen LogP contribution is -1.78. The first kappa shape index (κ1) is 8.56. The fourth-order valence-electron chi connectivity index (χ4n) is 0.458. The fourth-order valence-corrected chi connectivity index (χ4v) is 0.458. The van der Waals surface area contributed by atoms with Crippen molar-refractivity contribution in [2.75, 3.05) is 6.61 Å². The van der Waals surface area contributed by atoms with Crippen LogP contribution < -0.4 is 0 Å². The van der Waals surface area contributed by atoms with E-state index in [0.717, 1.165) is 6.08 Å². The molecule has 0 fully saturated rings. The predicted octanol–water partition coefficient (Wildman–Crippen LogP) is 2.37. The summed E-state index contributed by atoms with van der Waals surface area (Å²) in [4.78, 5) is 0. The van der Waals surface area contributed by atoms with Crippen molar-refractivity contribution in [3.05, 3.63) is 12.2 Å². The highest BCUT2D eigenvalue weighted by Gasteiger charge is 1.87. The molecule has 0 heterocycles. The van der Waals surface area contributed by atoms with Crippen molar-refractivity contribution in [1.29, 1.82) is 0 Å². The number of hydrogen-bond acceptors (Lipinski definition) is 0. The van der Waals surface area contributed by atoms with Gasteiger partial charge in [0.1, 0.15) is 0 Å². The van der Waals surface area contributed by atoms with Crippen LogP contribution >= 0.6 is 0 Å². The molecule has 9 heavy (non-hydrogen) atoms. The highest BCUT2D eigenvalue weighted by molar-refractivity contribution is 4.79. The molecule has 0 spiro atoms. The van der Waals surface area contributed by atoms with Gasteiger partial charge in [0, 0.05) is 0 Å². The summed E-state index contributed by atoms with van der Waals surface area (Å²) in [7, 11) is 0. The summed E-state index contributed by atoms with van der Waals surface area (Å²) in [5, 5.41) is 9.77. The third kappa shape index (κ3) is 7.56. The first-order chi connectivity index (χ1) is 4.27. The summed E-state index contributed by atoms with van der Waals surface area (Å²) >= 11 is 0. The number of halogens is 2. The van der Waals surface area contributed by atoms with E-state index < -0.39 is 6.08 Å². The first-order valence-corrected chi connectivity index (χ1v) is 2.86. The maximum absolute atomic E-state index is 11.2. The van der Waals surface area contributed by atoms with E-state index in [4.69, 9.17) is 0 Å². The maximum Gasteiger partial charge on any atom is 0.266 e. The van der Waals surface area contributed by atoms with E-state index in [-0.39, 0.29) is 6.61 Å². The number of allylic oxidation sites excluding steroid dienone is 1. The molecule has 0 aromatic carbocycles. The van der Waals surface area contributed by atoms with E-state index in [9.17, 15) is 13.9 Å². The van der Waals surface area contributed by atoms with Crippen LogP contribution in [-0.4, -0.2) is 6.61 Å². The van der Waals surface area contributed by atoms with Gasteiger partial charge in [-0.15, -0.1) is 0 Å². The monoisotopic (exact) mass is 135 g/mol. The summed E-state index contributed by atoms with van der Waals surface area (Å²) in [6.45, 7) is -0.165. The Bertz CT molecular complexity index is 87.1. The molecule has 1 nitrogen and oxygen atoms in total. The van der Waals surface area contributed by atoms with E-state index in [1.807, 2.05) is 0 Å². The highest BCUT2D eigenvalue weighted by atomic mass is 19.3. The number of rotatable bonds is 4. The second-order valence-electron chi connectivity index (χ2n) is 1.69. The van der Waals surface area contributed by atoms with Gasteiger partial charge in [-0.3, -0.25) is 0 Å². The molecular formula is C6H9F2O. The van der Waals surface area contributed by atoms with E-state index >= 15 is 0 Å². The third-order valence-electron chi connectivity index (χ3n) is 0.897. The van der Waals surface area contributed by atoms with Gasteiger partial charge in [0.15, 0.2) is 0 Å². The summed E-state index contributed by atoms with van der Waals surface area (Å²) in [5.74, 6) is 0. The van der Waals surface area contributed by atoms with Crippen molar-refractivity contribution in [2.45, 2.75) is 19.3 Å². The molecule has 0 rings (SSSR count). The Morgan fingerprint density at radius 1 is 1.33 bits per heavy atom. The van der Waals surface area contributed by atoms with E-state index in [1.54, 1.807) is 0 Å². The van der Waals surface area contributed by atoms with Crippen LogP contribution in [0, 0.1) is 0 Å². The number of hydrogen-bond donors (Lipinski definition) is 0. The smallest absolute Gasteiger partial charge is 0.237 e. The molecule has 0 unspecified atom stereocenters. The molecule has 0 saturated carbocycles. The molecular weight excluding hydrogens is 126 g/mol. The van der Waals surface area contributed by atoms with Crippen molar-refractivity contribution < 1.29 is 13.9 Å². The van der Waals surface area contributed by atoms with Gasteiger partial charge in [-0.2, -0.15) is 8.78 Å². The van der Waals surface area contributed by atoms with Gasteiger partial charge in [-0.25, -0.2) is 5.11 Å². The Morgan fingerprint density at radius 2 is 2.00 bits per heavy atom. The largest absolute Gasteiger partial charge is 0.266 e. The SMILES string of the molecule is [O]CCCCC=C(F)F. The average molecular weight is 135 g/mol. The van der Waals surface area contributed by atoms with Gasteiger partial charge >= 0.3 is 0 Å². The van der Waals surface area contributed by atoms with Crippen LogP contribution in [0.1, 0.15) is 19.3 Å². The third-order valence-corrected chi connectivity index (χ3v) is 0.897. The van der Waals surface area contributed by atoms with Gasteiger partial charge in [0.25, 0.3) is 6.08 Å². The Hall–Kier alpha value is -0.440. The summed E-state index contributed by atoms with van der Waals surface area (Å²) < 4.78 is 22.5. The fraction of sp³-hybridized carbons (Fsp3) is 0.667. The van der Waals surface area contributed by atoms with Crippen molar-refractivity contribution in [3.8, 4) is 0 Å². The average Bonchev–Trinajstić information content (AvgIpc) is 1.80. The minimum absolute atomic E-state index is 0.165. The minimum Gasteiger partial charge on any atom is -0.237 e. The standard InChI is InChI=1S/C6H9F2O/c7-6(8)4-2-1-3-5-9/h4H,1-3,5H2. The zero-order valence-corrected chi connectivity index (χ0v) is 5.07. The molecule has 0 aliphatic carbocycles. The molecule has 0 bridgehead atoms. The summed E-state index contributed by atoms with van der Waals surface area (Å²) in [6.07, 6.45) is 0.575. The number of unbranched alkanes of at least 4 members (excludes halogenated alkanes) is 2. The molecule has 1 radical (unpaired) electrons. The molecule has 0 atom stereocenters. The lowest BCUT2D eigenvalue weighted by atomic mass is 10.2. The second-order valence-corrected chi connectivity index (χ2v) is 1.69. The molecule has 0 aliphatic rings. The molecule has 3 heteroatoms. The molecule has 53 valence electrons. The minimum atomic E-state index is -1.65. The highest BCUT2D eigenvalue weighted by Crippen LogP contribution is 2.02. The van der Waals surface area contributed by atoms with Crippen LogP contribution in [0.5, 0.6) is 0 Å². The quantitative estimate of drug-likeness (QED) is 0.527. The van der Waals surface area contributed by atoms with Crippen LogP contribution in [0.15, 0.2) is 12.2 Å². The van der Waals surface area contributed by atoms with E-state index in [1.165, 1.54) is 0 Å². The van der Waals surface area contributed by atoms with Crippen molar-refractivity contribution in [3.63, 3.8) is 0 Å². The van der Waals surface area contributed by atoms with Crippen LogP contribution in [0.25, 0.3) is 0 Å². The van der Waals surface area contributed by atoms with Gasteiger partial charge in [-0.1, -0.05) is 0 Å². The lowest BCUT2D eigenvalue weighted by Gasteiger charge is -1.87. The van der Waals surface area contributed by atoms with Gasteiger partial charge in [0.05, 0.1) is 6.61 Å². The van der Waals surface area contributed by atoms with Gasteiger partial charge < -0.3 is 0 Å². The predicted molar refractivity (Wildman–Crippen MR) is 29.7 cm³/mol. The van der Waals surface area contributed by atoms with E-state index in [2.05, 4.69) is 0 Å². The van der Waals surface area contributed by atoms with E-state index in [0.29, 0.717) is 19.3 Å². The van der Waals surface area contributed by atoms with Crippen LogP contribution in [-0.2, 0) is 5.11 Å². The van der Waals surface area contributed by atoms with Crippen LogP contribution in [0.4, 0.5) is 8.78 Å². The topological polar surface area (TPSA) is 19.9 Å². The maximum atomic E-state index is 11.2. The summed E-state index contributed by atoms with van der Waals surface area (Å²) in [5.41, 5.74) is 0. The molecule has 0 aromatic heterocycles. The van der Waals surface area contributed by atoms with Crippen molar-refractivity contribution >= 4 is 0 Å². The Morgan fingerprint density at radius 3 is 2.44 bits per heavy atom. The molecule has 0 saturated heterocycles. The van der Waals surface area contributed by atoms with Gasteiger partial charge in [0.2, 0.25) is 0 Å². The Labute approximate surface area is 53.0 Å². The normalized spacial score (nSPS) is 9.22. The van der Waals surface area contributed by atoms with Crippen molar-refractivity contribution in [2.24, 2.45) is 0 Å². The van der Waals surface area contributed by atoms with Crippen molar-refractivity contribution in [1.82, 2.24) is 0 Å². The molecule has 0 amide bonds. The lowest BCUT2D eigenvalue weighted by molar-refractivity contribution is 0.187. The van der Waals surface area contributed by atoms with Crippen LogP contribution in [0.2, 0.25) is 0 Å². The zero-order chi connectivity index (χ0) is 7.11. The summed E-state index contributed by atoms with van der Waals surface area (Å²) in [6, 6.07) is 0. The Kier molecular flexibility index (Phi) is 5.41. The van der Waals surface area contributed by atoms with Gasteiger partial charge in [-0.05, 0) is 25.3 Å². The zero-order valence-electron chi connectivity index (χ0n) is 5.07. The molecule has 0 N–H and O–H groups in total. The first-order valence-electron chi connectivity index (χ1n) is 2.86. The molecule has 0 aromatic rings. The second kappa shape index (κ2) is 5.69. The van der Waals surface area contributed by atoms with Crippen LogP contribution in [0.3, 0.4) is 0 Å².